The average Bonchev–Trinajstić information content (AvgIpc) is 2.22. The molecule has 0 aliphatic carbocycles. The molecule has 0 aliphatic heterocycles. The number of fused-ring (bicyclic) bond motifs is 1. The number of benzene rings is 1. The number of nitrogens with zero attached hydrogens (tertiary/aromatic N) is 1. The van der Waals surface area contributed by atoms with Crippen LogP contribution < -0.4 is 5.43 Å². The van der Waals surface area contributed by atoms with E-state index in [0.717, 1.165) is 5.06 Å². The van der Waals surface area contributed by atoms with Crippen LogP contribution in [-0.2, 0) is 6.54 Å². The standard InChI is InChI=1S/C11H11NO3/c1-12(14)6-8-7-15-10-5-3-2-4-9(10)11(8)13/h2-5,7,14H,6H2,1H3. The van der Waals surface area contributed by atoms with Gasteiger partial charge >= 0.3 is 0 Å². The van der Waals surface area contributed by atoms with Gasteiger partial charge in [0.1, 0.15) is 5.58 Å². The lowest BCUT2D eigenvalue weighted by atomic mass is 10.2. The van der Waals surface area contributed by atoms with Crippen molar-refractivity contribution in [1.82, 2.24) is 5.06 Å². The summed E-state index contributed by atoms with van der Waals surface area (Å²) in [5, 5.41) is 10.5. The Morgan fingerprint density at radius 2 is 2.13 bits per heavy atom. The monoisotopic (exact) mass is 205 g/mol. The molecule has 78 valence electrons. The van der Waals surface area contributed by atoms with E-state index in [1.807, 2.05) is 6.07 Å². The van der Waals surface area contributed by atoms with Gasteiger partial charge in [-0.25, -0.2) is 0 Å². The molecule has 0 aliphatic rings. The van der Waals surface area contributed by atoms with E-state index in [2.05, 4.69) is 0 Å². The van der Waals surface area contributed by atoms with Crippen LogP contribution in [0.25, 0.3) is 11.0 Å². The average molecular weight is 205 g/mol. The van der Waals surface area contributed by atoms with E-state index in [4.69, 9.17) is 9.62 Å². The van der Waals surface area contributed by atoms with Crippen LogP contribution in [0.4, 0.5) is 0 Å². The van der Waals surface area contributed by atoms with Gasteiger partial charge in [-0.3, -0.25) is 4.79 Å². The van der Waals surface area contributed by atoms with Crippen molar-refractivity contribution in [2.75, 3.05) is 7.05 Å². The predicted molar refractivity (Wildman–Crippen MR) is 55.7 cm³/mol. The number of hydrogen-bond acceptors (Lipinski definition) is 4. The molecule has 0 saturated carbocycles. The molecule has 0 fully saturated rings. The van der Waals surface area contributed by atoms with Crippen LogP contribution in [-0.4, -0.2) is 17.3 Å². The fourth-order valence-corrected chi connectivity index (χ4v) is 1.47. The SMILES string of the molecule is CN(O)Cc1coc2ccccc2c1=O. The molecule has 0 bridgehead atoms. The minimum Gasteiger partial charge on any atom is -0.464 e. The zero-order valence-corrected chi connectivity index (χ0v) is 8.30. The second-order valence-corrected chi connectivity index (χ2v) is 3.40. The van der Waals surface area contributed by atoms with Crippen molar-refractivity contribution < 1.29 is 9.62 Å². The maximum absolute atomic E-state index is 11.9. The summed E-state index contributed by atoms with van der Waals surface area (Å²) >= 11 is 0. The third kappa shape index (κ3) is 1.91. The van der Waals surface area contributed by atoms with Gasteiger partial charge in [0.25, 0.3) is 0 Å². The molecule has 1 aromatic heterocycles. The van der Waals surface area contributed by atoms with Crippen molar-refractivity contribution in [3.05, 3.63) is 46.3 Å². The normalized spacial score (nSPS) is 11.1. The fraction of sp³-hybridized carbons (Fsp3) is 0.182. The largest absolute Gasteiger partial charge is 0.464 e. The Bertz CT molecular complexity index is 531. The van der Waals surface area contributed by atoms with Crippen molar-refractivity contribution in [3.8, 4) is 0 Å². The summed E-state index contributed by atoms with van der Waals surface area (Å²) in [5.74, 6) is 0. The Balaban J connectivity index is 2.60. The van der Waals surface area contributed by atoms with E-state index in [1.165, 1.54) is 13.3 Å². The number of hydrogen-bond donors (Lipinski definition) is 1. The van der Waals surface area contributed by atoms with E-state index in [1.54, 1.807) is 18.2 Å². The first-order valence-corrected chi connectivity index (χ1v) is 4.58. The van der Waals surface area contributed by atoms with E-state index in [-0.39, 0.29) is 12.0 Å². The zero-order chi connectivity index (χ0) is 10.8. The van der Waals surface area contributed by atoms with Gasteiger partial charge in [-0.05, 0) is 12.1 Å². The third-order valence-corrected chi connectivity index (χ3v) is 2.15. The summed E-state index contributed by atoms with van der Waals surface area (Å²) in [6, 6.07) is 7.04. The van der Waals surface area contributed by atoms with E-state index >= 15 is 0 Å². The second kappa shape index (κ2) is 3.84. The molecule has 1 aromatic carbocycles. The summed E-state index contributed by atoms with van der Waals surface area (Å²) in [6.07, 6.45) is 1.39. The first kappa shape index (κ1) is 9.89. The summed E-state index contributed by atoms with van der Waals surface area (Å²) in [5.41, 5.74) is 0.906. The molecule has 0 amide bonds. The van der Waals surface area contributed by atoms with Crippen LogP contribution in [0.1, 0.15) is 5.56 Å². The van der Waals surface area contributed by atoms with Crippen molar-refractivity contribution in [3.63, 3.8) is 0 Å². The summed E-state index contributed by atoms with van der Waals surface area (Å²) < 4.78 is 5.29. The highest BCUT2D eigenvalue weighted by Crippen LogP contribution is 2.10. The first-order chi connectivity index (χ1) is 7.18. The van der Waals surface area contributed by atoms with Crippen LogP contribution in [0.2, 0.25) is 0 Å². The number of rotatable bonds is 2. The van der Waals surface area contributed by atoms with Crippen LogP contribution in [0.15, 0.2) is 39.7 Å². The van der Waals surface area contributed by atoms with Crippen molar-refractivity contribution in [1.29, 1.82) is 0 Å². The maximum Gasteiger partial charge on any atom is 0.197 e. The minimum absolute atomic E-state index is 0.0993. The smallest absolute Gasteiger partial charge is 0.197 e. The van der Waals surface area contributed by atoms with Crippen LogP contribution in [0.5, 0.6) is 0 Å². The topological polar surface area (TPSA) is 53.7 Å². The Labute approximate surface area is 86.3 Å². The lowest BCUT2D eigenvalue weighted by molar-refractivity contribution is -0.0736. The predicted octanol–water partition coefficient (Wildman–Crippen LogP) is 1.61. The second-order valence-electron chi connectivity index (χ2n) is 3.40. The highest BCUT2D eigenvalue weighted by molar-refractivity contribution is 5.76. The quantitative estimate of drug-likeness (QED) is 0.757. The molecule has 0 atom stereocenters. The van der Waals surface area contributed by atoms with Crippen LogP contribution in [0, 0.1) is 0 Å². The molecule has 0 saturated heterocycles. The number of para-hydroxylation sites is 1. The molecule has 1 heterocycles. The summed E-state index contributed by atoms with van der Waals surface area (Å²) in [7, 11) is 1.48. The van der Waals surface area contributed by atoms with Gasteiger partial charge in [0, 0.05) is 7.05 Å². The lowest BCUT2D eigenvalue weighted by Gasteiger charge is -2.07. The summed E-state index contributed by atoms with van der Waals surface area (Å²) in [4.78, 5) is 11.9. The van der Waals surface area contributed by atoms with Gasteiger partial charge in [0.2, 0.25) is 0 Å². The highest BCUT2D eigenvalue weighted by atomic mass is 16.5. The molecule has 1 N–H and O–H groups in total. The Kier molecular flexibility index (Phi) is 2.53. The van der Waals surface area contributed by atoms with Gasteiger partial charge in [0.15, 0.2) is 5.43 Å². The van der Waals surface area contributed by atoms with Gasteiger partial charge in [-0.15, -0.1) is 0 Å². The molecule has 0 spiro atoms. The van der Waals surface area contributed by atoms with Crippen molar-refractivity contribution >= 4 is 11.0 Å². The van der Waals surface area contributed by atoms with E-state index in [9.17, 15) is 4.79 Å². The van der Waals surface area contributed by atoms with Gasteiger partial charge < -0.3 is 9.62 Å². The fourth-order valence-electron chi connectivity index (χ4n) is 1.47. The Hall–Kier alpha value is -1.65. The van der Waals surface area contributed by atoms with Gasteiger partial charge in [-0.2, -0.15) is 5.06 Å². The number of hydroxylamine groups is 2. The van der Waals surface area contributed by atoms with Crippen molar-refractivity contribution in [2.24, 2.45) is 0 Å². The molecule has 4 nitrogen and oxygen atoms in total. The molecular weight excluding hydrogens is 194 g/mol. The molecule has 2 rings (SSSR count). The molecular formula is C11H11NO3. The molecule has 0 unspecified atom stereocenters. The third-order valence-electron chi connectivity index (χ3n) is 2.15. The minimum atomic E-state index is -0.0993. The molecule has 4 heteroatoms. The van der Waals surface area contributed by atoms with Crippen LogP contribution >= 0.6 is 0 Å². The molecule has 0 radical (unpaired) electrons. The maximum atomic E-state index is 11.9. The lowest BCUT2D eigenvalue weighted by Crippen LogP contribution is -2.18. The van der Waals surface area contributed by atoms with Gasteiger partial charge in [0.05, 0.1) is 23.8 Å². The van der Waals surface area contributed by atoms with Crippen LogP contribution in [0.3, 0.4) is 0 Å². The van der Waals surface area contributed by atoms with Gasteiger partial charge in [-0.1, -0.05) is 12.1 Å². The van der Waals surface area contributed by atoms with Crippen molar-refractivity contribution in [2.45, 2.75) is 6.54 Å². The molecule has 15 heavy (non-hydrogen) atoms. The molecule has 2 aromatic rings. The summed E-state index contributed by atoms with van der Waals surface area (Å²) in [6.45, 7) is 0.160. The van der Waals surface area contributed by atoms with E-state index in [0.29, 0.717) is 16.5 Å². The highest BCUT2D eigenvalue weighted by Gasteiger charge is 2.07. The Morgan fingerprint density at radius 3 is 2.87 bits per heavy atom. The Morgan fingerprint density at radius 1 is 1.40 bits per heavy atom. The van der Waals surface area contributed by atoms with E-state index < -0.39 is 0 Å². The zero-order valence-electron chi connectivity index (χ0n) is 8.30. The first-order valence-electron chi connectivity index (χ1n) is 4.58.